The molecule has 0 radical (unpaired) electrons. The predicted molar refractivity (Wildman–Crippen MR) is 110 cm³/mol. The first-order valence-corrected chi connectivity index (χ1v) is 10.8. The van der Waals surface area contributed by atoms with Gasteiger partial charge in [0, 0.05) is 22.5 Å². The second-order valence-corrected chi connectivity index (χ2v) is 11.4. The van der Waals surface area contributed by atoms with Crippen LogP contribution in [0.2, 0.25) is 0 Å². The van der Waals surface area contributed by atoms with Gasteiger partial charge in [-0.1, -0.05) is 39.0 Å². The van der Waals surface area contributed by atoms with Gasteiger partial charge in [0.05, 0.1) is 5.41 Å². The van der Waals surface area contributed by atoms with Gasteiger partial charge in [0.2, 0.25) is 0 Å². The summed E-state index contributed by atoms with van der Waals surface area (Å²) in [7, 11) is 0. The Hall–Kier alpha value is -1.29. The second kappa shape index (κ2) is 6.65. The molecule has 0 aromatic heterocycles. The highest BCUT2D eigenvalue weighted by Crippen LogP contribution is 2.72. The Morgan fingerprint density at radius 3 is 2.22 bits per heavy atom. The van der Waals surface area contributed by atoms with E-state index < -0.39 is 11.0 Å². The van der Waals surface area contributed by atoms with E-state index in [9.17, 15) is 9.59 Å². The van der Waals surface area contributed by atoms with E-state index in [0.717, 1.165) is 4.90 Å². The lowest BCUT2D eigenvalue weighted by Crippen LogP contribution is -2.45. The number of carbonyl (C=O) groups excluding carboxylic acids is 2. The van der Waals surface area contributed by atoms with E-state index in [4.69, 9.17) is 4.74 Å². The number of esters is 1. The molecule has 27 heavy (non-hydrogen) atoms. The molecule has 0 amide bonds. The van der Waals surface area contributed by atoms with Crippen LogP contribution >= 0.6 is 11.8 Å². The molecule has 0 aliphatic heterocycles. The first-order chi connectivity index (χ1) is 12.4. The second-order valence-electron chi connectivity index (χ2n) is 10.3. The first-order valence-electron chi connectivity index (χ1n) is 9.82. The topological polar surface area (TPSA) is 43.4 Å². The molecular weight excluding hydrogens is 356 g/mol. The van der Waals surface area contributed by atoms with E-state index in [1.165, 1.54) is 0 Å². The van der Waals surface area contributed by atoms with Gasteiger partial charge >= 0.3 is 5.97 Å². The van der Waals surface area contributed by atoms with Crippen molar-refractivity contribution in [3.05, 3.63) is 30.3 Å². The highest BCUT2D eigenvalue weighted by atomic mass is 32.2. The highest BCUT2D eigenvalue weighted by Gasteiger charge is 2.77. The molecule has 0 spiro atoms. The van der Waals surface area contributed by atoms with E-state index >= 15 is 0 Å². The third kappa shape index (κ3) is 3.70. The molecular formula is C23H32O3S. The van der Waals surface area contributed by atoms with E-state index in [-0.39, 0.29) is 40.8 Å². The SMILES string of the molecule is CC(C)(C)OC(=O)[C@@]1(C)[C@H]2[C@@H](C(=O)[C@H]1CSc1ccccc1)[C@@H]2C(C)(C)C. The van der Waals surface area contributed by atoms with E-state index in [0.29, 0.717) is 5.75 Å². The van der Waals surface area contributed by atoms with Gasteiger partial charge in [-0.05, 0) is 57.1 Å². The summed E-state index contributed by atoms with van der Waals surface area (Å²) in [6, 6.07) is 10.1. The number of rotatable bonds is 4. The molecule has 148 valence electrons. The van der Waals surface area contributed by atoms with Crippen LogP contribution in [-0.4, -0.2) is 23.1 Å². The van der Waals surface area contributed by atoms with Crippen LogP contribution in [0.25, 0.3) is 0 Å². The molecule has 0 heterocycles. The van der Waals surface area contributed by atoms with Crippen LogP contribution in [0.4, 0.5) is 0 Å². The van der Waals surface area contributed by atoms with Crippen molar-refractivity contribution in [1.29, 1.82) is 0 Å². The van der Waals surface area contributed by atoms with Gasteiger partial charge in [-0.2, -0.15) is 0 Å². The van der Waals surface area contributed by atoms with Crippen LogP contribution < -0.4 is 0 Å². The van der Waals surface area contributed by atoms with Gasteiger partial charge in [-0.25, -0.2) is 0 Å². The Morgan fingerprint density at radius 1 is 1.11 bits per heavy atom. The first kappa shape index (κ1) is 20.4. The van der Waals surface area contributed by atoms with Crippen molar-refractivity contribution in [1.82, 2.24) is 0 Å². The van der Waals surface area contributed by atoms with Gasteiger partial charge < -0.3 is 4.74 Å². The summed E-state index contributed by atoms with van der Waals surface area (Å²) in [5.41, 5.74) is -1.27. The maximum absolute atomic E-state index is 13.3. The predicted octanol–water partition coefficient (Wildman–Crippen LogP) is 5.23. The van der Waals surface area contributed by atoms with Crippen molar-refractivity contribution in [2.75, 3.05) is 5.75 Å². The number of hydrogen-bond acceptors (Lipinski definition) is 4. The molecule has 0 N–H and O–H groups in total. The van der Waals surface area contributed by atoms with Crippen molar-refractivity contribution < 1.29 is 14.3 Å². The van der Waals surface area contributed by atoms with Gasteiger partial charge in [0.25, 0.3) is 0 Å². The molecule has 2 aliphatic carbocycles. The summed E-state index contributed by atoms with van der Waals surface area (Å²) < 4.78 is 5.81. The summed E-state index contributed by atoms with van der Waals surface area (Å²) in [6.07, 6.45) is 0. The van der Waals surface area contributed by atoms with Gasteiger partial charge in [-0.15, -0.1) is 11.8 Å². The minimum Gasteiger partial charge on any atom is -0.460 e. The average Bonchev–Trinajstić information content (AvgIpc) is 3.25. The van der Waals surface area contributed by atoms with Crippen molar-refractivity contribution in [2.45, 2.75) is 59.0 Å². The Labute approximate surface area is 167 Å². The van der Waals surface area contributed by atoms with Gasteiger partial charge in [0.1, 0.15) is 11.4 Å². The lowest BCUT2D eigenvalue weighted by atomic mass is 9.71. The monoisotopic (exact) mass is 388 g/mol. The third-order valence-corrected chi connectivity index (χ3v) is 7.21. The average molecular weight is 389 g/mol. The van der Waals surface area contributed by atoms with E-state index in [2.05, 4.69) is 20.8 Å². The number of ketones is 1. The van der Waals surface area contributed by atoms with Crippen LogP contribution in [0.1, 0.15) is 48.5 Å². The number of fused-ring (bicyclic) bond motifs is 1. The Morgan fingerprint density at radius 2 is 1.70 bits per heavy atom. The molecule has 2 fully saturated rings. The lowest BCUT2D eigenvalue weighted by molar-refractivity contribution is -0.171. The van der Waals surface area contributed by atoms with Crippen LogP contribution in [0.5, 0.6) is 0 Å². The Bertz CT molecular complexity index is 728. The summed E-state index contributed by atoms with van der Waals surface area (Å²) in [5, 5.41) is 0. The molecule has 3 nitrogen and oxygen atoms in total. The molecule has 2 saturated carbocycles. The van der Waals surface area contributed by atoms with Crippen LogP contribution in [0.3, 0.4) is 0 Å². The highest BCUT2D eigenvalue weighted by molar-refractivity contribution is 7.99. The standard InChI is InChI=1S/C23H32O3S/c1-21(2,3)17-16-18(17)23(7,20(25)26-22(4,5)6)15(19(16)24)13-27-14-11-9-8-10-12-14/h8-12,15-18H,13H2,1-7H3/t15-,16+,17+,18+,23-/m1/s1. The number of ether oxygens (including phenoxy) is 1. The number of hydrogen-bond donors (Lipinski definition) is 0. The molecule has 4 heteroatoms. The molecule has 1 aromatic rings. The summed E-state index contributed by atoms with van der Waals surface area (Å²) >= 11 is 1.66. The molecule has 1 aromatic carbocycles. The largest absolute Gasteiger partial charge is 0.460 e. The van der Waals surface area contributed by atoms with Crippen molar-refractivity contribution in [3.63, 3.8) is 0 Å². The molecule has 0 saturated heterocycles. The molecule has 0 unspecified atom stereocenters. The number of thioether (sulfide) groups is 1. The maximum Gasteiger partial charge on any atom is 0.313 e. The van der Waals surface area contributed by atoms with Gasteiger partial charge in [-0.3, -0.25) is 9.59 Å². The lowest BCUT2D eigenvalue weighted by Gasteiger charge is -2.36. The minimum absolute atomic E-state index is 0.00360. The van der Waals surface area contributed by atoms with Crippen molar-refractivity contribution in [2.24, 2.45) is 34.5 Å². The normalized spacial score (nSPS) is 32.9. The van der Waals surface area contributed by atoms with Crippen LogP contribution in [-0.2, 0) is 14.3 Å². The minimum atomic E-state index is -0.741. The van der Waals surface area contributed by atoms with E-state index in [1.807, 2.05) is 58.0 Å². The maximum atomic E-state index is 13.3. The van der Waals surface area contributed by atoms with Crippen LogP contribution in [0.15, 0.2) is 35.2 Å². The quantitative estimate of drug-likeness (QED) is 0.523. The van der Waals surface area contributed by atoms with Gasteiger partial charge in [0.15, 0.2) is 0 Å². The fraction of sp³-hybridized carbons (Fsp3) is 0.652. The zero-order valence-electron chi connectivity index (χ0n) is 17.5. The summed E-state index contributed by atoms with van der Waals surface area (Å²) in [5.74, 6) is 0.761. The fourth-order valence-corrected chi connectivity index (χ4v) is 6.09. The van der Waals surface area contributed by atoms with Crippen molar-refractivity contribution >= 4 is 23.5 Å². The Balaban J connectivity index is 1.87. The molecule has 2 aliphatic rings. The number of carbonyl (C=O) groups is 2. The third-order valence-electron chi connectivity index (χ3n) is 6.11. The fourth-order valence-electron chi connectivity index (χ4n) is 4.87. The molecule has 5 atom stereocenters. The zero-order valence-corrected chi connectivity index (χ0v) is 18.4. The smallest absolute Gasteiger partial charge is 0.313 e. The van der Waals surface area contributed by atoms with Crippen LogP contribution in [0, 0.1) is 34.5 Å². The molecule has 0 bridgehead atoms. The zero-order chi connectivity index (χ0) is 20.2. The van der Waals surface area contributed by atoms with E-state index in [1.54, 1.807) is 11.8 Å². The number of benzene rings is 1. The Kier molecular flexibility index (Phi) is 5.03. The summed E-state index contributed by atoms with van der Waals surface area (Å²) in [6.45, 7) is 14.2. The van der Waals surface area contributed by atoms with Crippen molar-refractivity contribution in [3.8, 4) is 0 Å². The molecule has 3 rings (SSSR count). The summed E-state index contributed by atoms with van der Waals surface area (Å²) in [4.78, 5) is 27.7. The number of Topliss-reactive ketones (excluding diaryl/α,β-unsaturated/α-hetero) is 1.